The van der Waals surface area contributed by atoms with Gasteiger partial charge in [0, 0.05) is 46.2 Å². The molecule has 0 bridgehead atoms. The van der Waals surface area contributed by atoms with E-state index in [9.17, 15) is 14.4 Å². The first kappa shape index (κ1) is 25.9. The second kappa shape index (κ2) is 10.8. The molecule has 186 valence electrons. The molecule has 1 fully saturated rings. The van der Waals surface area contributed by atoms with Gasteiger partial charge < -0.3 is 15.0 Å². The molecule has 1 saturated heterocycles. The van der Waals surface area contributed by atoms with E-state index in [1.165, 1.54) is 22.7 Å². The highest BCUT2D eigenvalue weighted by Gasteiger charge is 2.28. The highest BCUT2D eigenvalue weighted by Crippen LogP contribution is 2.37. The number of nitrogens with one attached hydrogen (secondary N) is 1. The number of hydrogen-bond donors (Lipinski definition) is 1. The molecule has 7 nitrogen and oxygen atoms in total. The van der Waals surface area contributed by atoms with Gasteiger partial charge in [0.1, 0.15) is 9.88 Å². The fraction of sp³-hybridized carbons (Fsp3) is 0.375. The second-order valence-electron chi connectivity index (χ2n) is 8.21. The molecule has 2 amide bonds. The smallest absolute Gasteiger partial charge is 0.341 e. The summed E-state index contributed by atoms with van der Waals surface area (Å²) in [4.78, 5) is 43.4. The van der Waals surface area contributed by atoms with Crippen LogP contribution in [0.15, 0.2) is 18.2 Å². The molecule has 1 aromatic carbocycles. The number of nitrogens with zero attached hydrogens (tertiary/aromatic N) is 2. The Bertz CT molecular complexity index is 1300. The number of piperazine rings is 1. The molecule has 0 spiro atoms. The number of aryl methyl sites for hydroxylation is 1. The number of thiophene rings is 2. The van der Waals surface area contributed by atoms with Crippen molar-refractivity contribution in [1.29, 1.82) is 0 Å². The summed E-state index contributed by atoms with van der Waals surface area (Å²) in [6.45, 7) is 8.03. The number of fused-ring (bicyclic) bond motifs is 1. The number of anilines is 1. The van der Waals surface area contributed by atoms with Gasteiger partial charge in [-0.2, -0.15) is 0 Å². The summed E-state index contributed by atoms with van der Waals surface area (Å²) in [5.41, 5.74) is 1.23. The molecule has 0 unspecified atom stereocenters. The van der Waals surface area contributed by atoms with Crippen molar-refractivity contribution in [3.8, 4) is 0 Å². The number of hydrogen-bond acceptors (Lipinski definition) is 7. The number of carbonyl (C=O) groups is 3. The summed E-state index contributed by atoms with van der Waals surface area (Å²) in [7, 11) is 0. The van der Waals surface area contributed by atoms with Crippen LogP contribution in [0, 0.1) is 13.8 Å². The third-order valence-electron chi connectivity index (χ3n) is 5.93. The van der Waals surface area contributed by atoms with Crippen LogP contribution in [0.25, 0.3) is 10.1 Å². The number of ether oxygens (including phenoxy) is 1. The van der Waals surface area contributed by atoms with Gasteiger partial charge in [-0.3, -0.25) is 14.5 Å². The van der Waals surface area contributed by atoms with E-state index in [1.807, 2.05) is 30.9 Å². The summed E-state index contributed by atoms with van der Waals surface area (Å²) < 4.78 is 6.03. The molecule has 3 aromatic rings. The standard InChI is InChI=1S/C24H25Cl2N3O4S2/c1-4-33-24(32)19-13(2)14(3)34-22(19)27-18(30)12-28-7-9-29(10-8-28)23(31)21-20(26)16-6-5-15(25)11-17(16)35-21/h5-6,11H,4,7-10,12H2,1-3H3,(H,27,30). The lowest BCUT2D eigenvalue weighted by atomic mass is 10.1. The molecule has 0 atom stereocenters. The van der Waals surface area contributed by atoms with Gasteiger partial charge in [0.25, 0.3) is 5.91 Å². The number of benzene rings is 1. The van der Waals surface area contributed by atoms with Crippen LogP contribution in [0.5, 0.6) is 0 Å². The summed E-state index contributed by atoms with van der Waals surface area (Å²) in [6.07, 6.45) is 0. The third-order valence-corrected chi connectivity index (χ3v) is 8.93. The lowest BCUT2D eigenvalue weighted by Gasteiger charge is -2.34. The molecule has 3 heterocycles. The number of rotatable bonds is 6. The first-order valence-electron chi connectivity index (χ1n) is 11.2. The molecule has 4 rings (SSSR count). The first-order chi connectivity index (χ1) is 16.7. The van der Waals surface area contributed by atoms with E-state index in [1.54, 1.807) is 17.9 Å². The number of esters is 1. The lowest BCUT2D eigenvalue weighted by Crippen LogP contribution is -2.50. The van der Waals surface area contributed by atoms with Crippen LogP contribution < -0.4 is 5.32 Å². The fourth-order valence-electron chi connectivity index (χ4n) is 3.96. The van der Waals surface area contributed by atoms with Gasteiger partial charge in [-0.15, -0.1) is 22.7 Å². The van der Waals surface area contributed by atoms with Crippen LogP contribution >= 0.6 is 45.9 Å². The minimum Gasteiger partial charge on any atom is -0.462 e. The molecular weight excluding hydrogens is 529 g/mol. The molecule has 1 aliphatic heterocycles. The average Bonchev–Trinajstić information content (AvgIpc) is 3.28. The van der Waals surface area contributed by atoms with Gasteiger partial charge in [0.2, 0.25) is 5.91 Å². The van der Waals surface area contributed by atoms with Gasteiger partial charge >= 0.3 is 5.97 Å². The largest absolute Gasteiger partial charge is 0.462 e. The summed E-state index contributed by atoms with van der Waals surface area (Å²) >= 11 is 15.3. The Kier molecular flexibility index (Phi) is 8.02. The Morgan fingerprint density at radius 1 is 1.09 bits per heavy atom. The van der Waals surface area contributed by atoms with Crippen molar-refractivity contribution in [3.05, 3.63) is 49.1 Å². The lowest BCUT2D eigenvalue weighted by molar-refractivity contribution is -0.117. The van der Waals surface area contributed by atoms with Crippen LogP contribution in [0.1, 0.15) is 37.4 Å². The molecule has 0 saturated carbocycles. The number of carbonyl (C=O) groups excluding carboxylic acids is 3. The minimum atomic E-state index is -0.432. The number of halogens is 2. The summed E-state index contributed by atoms with van der Waals surface area (Å²) in [5, 5.41) is 5.26. The molecule has 0 radical (unpaired) electrons. The molecule has 1 N–H and O–H groups in total. The molecule has 35 heavy (non-hydrogen) atoms. The zero-order valence-corrected chi connectivity index (χ0v) is 22.7. The average molecular weight is 555 g/mol. The molecular formula is C24H25Cl2N3O4S2. The fourth-order valence-corrected chi connectivity index (χ4v) is 6.78. The topological polar surface area (TPSA) is 79.0 Å². The van der Waals surface area contributed by atoms with E-state index in [4.69, 9.17) is 27.9 Å². The summed E-state index contributed by atoms with van der Waals surface area (Å²) in [5.74, 6) is -0.750. The maximum Gasteiger partial charge on any atom is 0.341 e. The molecule has 2 aromatic heterocycles. The predicted octanol–water partition coefficient (Wildman–Crippen LogP) is 5.46. The van der Waals surface area contributed by atoms with Crippen molar-refractivity contribution in [3.63, 3.8) is 0 Å². The van der Waals surface area contributed by atoms with Crippen LogP contribution in [0.2, 0.25) is 10.0 Å². The van der Waals surface area contributed by atoms with Crippen LogP contribution in [-0.2, 0) is 9.53 Å². The van der Waals surface area contributed by atoms with Crippen molar-refractivity contribution in [2.75, 3.05) is 44.6 Å². The van der Waals surface area contributed by atoms with Gasteiger partial charge in [-0.05, 0) is 38.5 Å². The van der Waals surface area contributed by atoms with Gasteiger partial charge in [-0.1, -0.05) is 29.3 Å². The van der Waals surface area contributed by atoms with E-state index in [0.29, 0.717) is 51.7 Å². The van der Waals surface area contributed by atoms with Gasteiger partial charge in [0.15, 0.2) is 0 Å². The van der Waals surface area contributed by atoms with Gasteiger partial charge in [0.05, 0.1) is 23.7 Å². The van der Waals surface area contributed by atoms with Gasteiger partial charge in [-0.25, -0.2) is 4.79 Å². The Labute approximate surface area is 221 Å². The Morgan fingerprint density at radius 3 is 2.49 bits per heavy atom. The maximum absolute atomic E-state index is 13.1. The molecule has 11 heteroatoms. The van der Waals surface area contributed by atoms with E-state index in [0.717, 1.165) is 20.5 Å². The first-order valence-corrected chi connectivity index (χ1v) is 13.5. The normalized spacial score (nSPS) is 14.4. The van der Waals surface area contributed by atoms with Crippen molar-refractivity contribution in [2.45, 2.75) is 20.8 Å². The third kappa shape index (κ3) is 5.49. The van der Waals surface area contributed by atoms with Crippen molar-refractivity contribution in [2.24, 2.45) is 0 Å². The van der Waals surface area contributed by atoms with Crippen LogP contribution in [0.4, 0.5) is 5.00 Å². The van der Waals surface area contributed by atoms with E-state index in [-0.39, 0.29) is 25.0 Å². The zero-order chi connectivity index (χ0) is 25.3. The zero-order valence-electron chi connectivity index (χ0n) is 19.6. The van der Waals surface area contributed by atoms with Crippen LogP contribution in [-0.4, -0.2) is 66.9 Å². The van der Waals surface area contributed by atoms with E-state index < -0.39 is 5.97 Å². The van der Waals surface area contributed by atoms with Crippen molar-refractivity contribution >= 4 is 78.7 Å². The second-order valence-corrected chi connectivity index (χ2v) is 11.3. The molecule has 1 aliphatic rings. The Hall–Kier alpha value is -2.17. The minimum absolute atomic E-state index is 0.111. The molecule has 0 aliphatic carbocycles. The van der Waals surface area contributed by atoms with E-state index in [2.05, 4.69) is 5.32 Å². The maximum atomic E-state index is 13.1. The van der Waals surface area contributed by atoms with Crippen molar-refractivity contribution < 1.29 is 19.1 Å². The monoisotopic (exact) mass is 553 g/mol. The quantitative estimate of drug-likeness (QED) is 0.410. The van der Waals surface area contributed by atoms with Crippen molar-refractivity contribution in [1.82, 2.24) is 9.80 Å². The highest BCUT2D eigenvalue weighted by molar-refractivity contribution is 7.21. The Balaban J connectivity index is 1.36. The Morgan fingerprint density at radius 2 is 1.80 bits per heavy atom. The highest BCUT2D eigenvalue weighted by atomic mass is 35.5. The van der Waals surface area contributed by atoms with E-state index >= 15 is 0 Å². The number of amides is 2. The summed E-state index contributed by atoms with van der Waals surface area (Å²) in [6, 6.07) is 5.40. The predicted molar refractivity (Wildman–Crippen MR) is 143 cm³/mol. The van der Waals surface area contributed by atoms with Crippen LogP contribution in [0.3, 0.4) is 0 Å². The SMILES string of the molecule is CCOC(=O)c1c(NC(=O)CN2CCN(C(=O)c3sc4cc(Cl)ccc4c3Cl)CC2)sc(C)c1C.